The number of fused-ring (bicyclic) bond motifs is 1. The molecule has 0 spiro atoms. The van der Waals surface area contributed by atoms with Crippen molar-refractivity contribution in [3.63, 3.8) is 0 Å². The molecule has 0 aliphatic carbocycles. The highest BCUT2D eigenvalue weighted by Crippen LogP contribution is 2.10. The van der Waals surface area contributed by atoms with E-state index >= 15 is 0 Å². The van der Waals surface area contributed by atoms with Crippen molar-refractivity contribution in [2.75, 3.05) is 5.43 Å². The summed E-state index contributed by atoms with van der Waals surface area (Å²) in [4.78, 5) is 25.5. The Bertz CT molecular complexity index is 943. The van der Waals surface area contributed by atoms with Gasteiger partial charge in [0.1, 0.15) is 0 Å². The van der Waals surface area contributed by atoms with E-state index in [1.807, 2.05) is 24.3 Å². The largest absolute Gasteiger partial charge is 0.478 e. The second-order valence-corrected chi connectivity index (χ2v) is 4.89. The molecule has 0 radical (unpaired) electrons. The van der Waals surface area contributed by atoms with Gasteiger partial charge in [0.15, 0.2) is 0 Å². The van der Waals surface area contributed by atoms with Crippen molar-refractivity contribution in [1.29, 1.82) is 0 Å². The average Bonchev–Trinajstić information content (AvgIpc) is 2.56. The fraction of sp³-hybridized carbons (Fsp3) is 0. The number of carboxylic acid groups (broad SMARTS) is 1. The number of hydrogen-bond acceptors (Lipinski definition) is 4. The number of aromatic carboxylic acids is 1. The maximum atomic E-state index is 12.0. The Labute approximate surface area is 131 Å². The summed E-state index contributed by atoms with van der Waals surface area (Å²) >= 11 is 0. The first-order valence-electron chi connectivity index (χ1n) is 6.88. The highest BCUT2D eigenvalue weighted by atomic mass is 16.4. The van der Waals surface area contributed by atoms with Gasteiger partial charge in [-0.2, -0.15) is 5.10 Å². The number of nitrogens with one attached hydrogen (secondary N) is 2. The molecule has 0 saturated heterocycles. The Kier molecular flexibility index (Phi) is 3.88. The van der Waals surface area contributed by atoms with Crippen molar-refractivity contribution in [3.8, 4) is 0 Å². The SMILES string of the molecule is O=C(O)c1ccc(N/N=C/c2cc3ccccc3[nH]c2=O)cc1. The number of carboxylic acids is 1. The Morgan fingerprint density at radius 1 is 1.13 bits per heavy atom. The van der Waals surface area contributed by atoms with Crippen LogP contribution in [-0.4, -0.2) is 22.3 Å². The number of aromatic amines is 1. The Balaban J connectivity index is 1.79. The smallest absolute Gasteiger partial charge is 0.335 e. The number of rotatable bonds is 4. The lowest BCUT2D eigenvalue weighted by atomic mass is 10.2. The third-order valence-electron chi connectivity index (χ3n) is 3.31. The molecule has 0 atom stereocenters. The topological polar surface area (TPSA) is 94.5 Å². The lowest BCUT2D eigenvalue weighted by Crippen LogP contribution is -2.12. The predicted molar refractivity (Wildman–Crippen MR) is 89.2 cm³/mol. The van der Waals surface area contributed by atoms with Crippen molar-refractivity contribution in [1.82, 2.24) is 4.98 Å². The standard InChI is InChI=1S/C17H13N3O3/c21-16-13(9-12-3-1-2-4-15(12)19-16)10-18-20-14-7-5-11(6-8-14)17(22)23/h1-10,20H,(H,19,21)(H,22,23)/b18-10+. The van der Waals surface area contributed by atoms with Gasteiger partial charge < -0.3 is 10.1 Å². The number of pyridine rings is 1. The van der Waals surface area contributed by atoms with Crippen LogP contribution in [0, 0.1) is 0 Å². The van der Waals surface area contributed by atoms with Crippen molar-refractivity contribution in [3.05, 3.63) is 76.1 Å². The maximum absolute atomic E-state index is 12.0. The molecule has 0 saturated carbocycles. The molecule has 1 aromatic heterocycles. The lowest BCUT2D eigenvalue weighted by molar-refractivity contribution is 0.0697. The molecule has 0 unspecified atom stereocenters. The van der Waals surface area contributed by atoms with Gasteiger partial charge >= 0.3 is 5.97 Å². The fourth-order valence-electron chi connectivity index (χ4n) is 2.12. The van der Waals surface area contributed by atoms with Crippen LogP contribution in [0.4, 0.5) is 5.69 Å². The Hall–Kier alpha value is -3.41. The molecule has 6 nitrogen and oxygen atoms in total. The molecule has 0 aliphatic heterocycles. The third kappa shape index (κ3) is 3.26. The van der Waals surface area contributed by atoms with Crippen LogP contribution in [-0.2, 0) is 0 Å². The van der Waals surface area contributed by atoms with Gasteiger partial charge in [0.2, 0.25) is 0 Å². The van der Waals surface area contributed by atoms with Gasteiger partial charge in [0.25, 0.3) is 5.56 Å². The van der Waals surface area contributed by atoms with Crippen molar-refractivity contribution in [2.45, 2.75) is 0 Å². The van der Waals surface area contributed by atoms with Crippen molar-refractivity contribution >= 4 is 28.8 Å². The molecule has 3 aromatic rings. The Morgan fingerprint density at radius 2 is 1.87 bits per heavy atom. The molecule has 23 heavy (non-hydrogen) atoms. The summed E-state index contributed by atoms with van der Waals surface area (Å²) in [7, 11) is 0. The normalized spacial score (nSPS) is 11.0. The molecular weight excluding hydrogens is 294 g/mol. The van der Waals surface area contributed by atoms with Crippen LogP contribution in [0.15, 0.2) is 64.5 Å². The van der Waals surface area contributed by atoms with Crippen LogP contribution in [0.3, 0.4) is 0 Å². The molecule has 0 bridgehead atoms. The summed E-state index contributed by atoms with van der Waals surface area (Å²) in [5.74, 6) is -0.984. The zero-order valence-corrected chi connectivity index (χ0v) is 12.0. The summed E-state index contributed by atoms with van der Waals surface area (Å²) in [5.41, 5.74) is 4.56. The van der Waals surface area contributed by atoms with Crippen LogP contribution in [0.5, 0.6) is 0 Å². The molecule has 114 valence electrons. The minimum Gasteiger partial charge on any atom is -0.478 e. The first-order chi connectivity index (χ1) is 11.1. The summed E-state index contributed by atoms with van der Waals surface area (Å²) in [6.07, 6.45) is 1.43. The van der Waals surface area contributed by atoms with E-state index in [4.69, 9.17) is 5.11 Å². The third-order valence-corrected chi connectivity index (χ3v) is 3.31. The summed E-state index contributed by atoms with van der Waals surface area (Å²) in [6, 6.07) is 15.4. The molecule has 1 heterocycles. The second kappa shape index (κ2) is 6.15. The van der Waals surface area contributed by atoms with E-state index < -0.39 is 5.97 Å². The van der Waals surface area contributed by atoms with Crippen LogP contribution < -0.4 is 11.0 Å². The van der Waals surface area contributed by atoms with E-state index in [0.717, 1.165) is 10.9 Å². The molecule has 0 amide bonds. The number of aromatic nitrogens is 1. The molecule has 0 aliphatic rings. The molecular formula is C17H13N3O3. The summed E-state index contributed by atoms with van der Waals surface area (Å²) in [6.45, 7) is 0. The first-order valence-corrected chi connectivity index (χ1v) is 6.88. The number of anilines is 1. The number of nitrogens with zero attached hydrogens (tertiary/aromatic N) is 1. The van der Waals surface area contributed by atoms with Gasteiger partial charge in [-0.1, -0.05) is 18.2 Å². The summed E-state index contributed by atoms with van der Waals surface area (Å²) < 4.78 is 0. The summed E-state index contributed by atoms with van der Waals surface area (Å²) in [5, 5.41) is 13.8. The molecule has 0 fully saturated rings. The number of benzene rings is 2. The van der Waals surface area contributed by atoms with Gasteiger partial charge in [0, 0.05) is 5.52 Å². The van der Waals surface area contributed by atoms with E-state index in [1.54, 1.807) is 18.2 Å². The van der Waals surface area contributed by atoms with Gasteiger partial charge in [-0.3, -0.25) is 10.2 Å². The second-order valence-electron chi connectivity index (χ2n) is 4.89. The predicted octanol–water partition coefficient (Wildman–Crippen LogP) is 2.67. The van der Waals surface area contributed by atoms with Gasteiger partial charge in [-0.15, -0.1) is 0 Å². The van der Waals surface area contributed by atoms with Crippen LogP contribution >= 0.6 is 0 Å². The number of carbonyl (C=O) groups is 1. The minimum atomic E-state index is -0.984. The lowest BCUT2D eigenvalue weighted by Gasteiger charge is -2.01. The fourth-order valence-corrected chi connectivity index (χ4v) is 2.12. The zero-order chi connectivity index (χ0) is 16.2. The van der Waals surface area contributed by atoms with E-state index in [2.05, 4.69) is 15.5 Å². The first kappa shape index (κ1) is 14.5. The monoisotopic (exact) mass is 307 g/mol. The van der Waals surface area contributed by atoms with E-state index in [-0.39, 0.29) is 11.1 Å². The average molecular weight is 307 g/mol. The quantitative estimate of drug-likeness (QED) is 0.510. The van der Waals surface area contributed by atoms with Gasteiger partial charge in [-0.05, 0) is 41.8 Å². The van der Waals surface area contributed by atoms with E-state index in [1.165, 1.54) is 18.3 Å². The maximum Gasteiger partial charge on any atom is 0.335 e. The number of hydrogen-bond donors (Lipinski definition) is 3. The number of hydrazone groups is 1. The zero-order valence-electron chi connectivity index (χ0n) is 12.0. The van der Waals surface area contributed by atoms with Gasteiger partial charge in [0.05, 0.1) is 23.0 Å². The van der Waals surface area contributed by atoms with Crippen molar-refractivity contribution in [2.24, 2.45) is 5.10 Å². The van der Waals surface area contributed by atoms with E-state index in [0.29, 0.717) is 11.3 Å². The highest BCUT2D eigenvalue weighted by Gasteiger charge is 2.02. The number of para-hydroxylation sites is 1. The molecule has 6 heteroatoms. The Morgan fingerprint density at radius 3 is 2.61 bits per heavy atom. The minimum absolute atomic E-state index is 0.200. The van der Waals surface area contributed by atoms with Gasteiger partial charge in [-0.25, -0.2) is 4.79 Å². The van der Waals surface area contributed by atoms with Crippen LogP contribution in [0.1, 0.15) is 15.9 Å². The van der Waals surface area contributed by atoms with Crippen molar-refractivity contribution < 1.29 is 9.90 Å². The number of H-pyrrole nitrogens is 1. The van der Waals surface area contributed by atoms with Crippen LogP contribution in [0.2, 0.25) is 0 Å². The molecule has 2 aromatic carbocycles. The van der Waals surface area contributed by atoms with E-state index in [9.17, 15) is 9.59 Å². The molecule has 3 N–H and O–H groups in total. The highest BCUT2D eigenvalue weighted by molar-refractivity contribution is 5.89. The van der Waals surface area contributed by atoms with Crippen LogP contribution in [0.25, 0.3) is 10.9 Å². The molecule has 3 rings (SSSR count).